The Morgan fingerprint density at radius 3 is 2.56 bits per heavy atom. The summed E-state index contributed by atoms with van der Waals surface area (Å²) in [5, 5.41) is 21.7. The Morgan fingerprint density at radius 2 is 1.96 bits per heavy atom. The van der Waals surface area contributed by atoms with Crippen molar-refractivity contribution in [3.63, 3.8) is 0 Å². The molecule has 0 aromatic carbocycles. The van der Waals surface area contributed by atoms with Crippen molar-refractivity contribution in [2.75, 3.05) is 20.2 Å². The zero-order valence-corrected chi connectivity index (χ0v) is 15.5. The number of allylic oxidation sites excluding steroid dienone is 1. The second-order valence-electron chi connectivity index (χ2n) is 7.17. The summed E-state index contributed by atoms with van der Waals surface area (Å²) in [5.74, 6) is -1.87. The summed E-state index contributed by atoms with van der Waals surface area (Å²) in [5.41, 5.74) is -2.43. The predicted octanol–water partition coefficient (Wildman–Crippen LogP) is -0.658. The summed E-state index contributed by atoms with van der Waals surface area (Å²) in [6, 6.07) is 0. The van der Waals surface area contributed by atoms with Gasteiger partial charge in [0.15, 0.2) is 11.7 Å². The Bertz CT molecular complexity index is 623. The number of fused-ring (bicyclic) bond motifs is 1. The van der Waals surface area contributed by atoms with Crippen LogP contribution in [0.3, 0.4) is 0 Å². The molecule has 0 aliphatic carbocycles. The maximum absolute atomic E-state index is 12.5. The third-order valence-electron chi connectivity index (χ3n) is 5.54. The van der Waals surface area contributed by atoms with Gasteiger partial charge in [-0.15, -0.1) is 0 Å². The highest BCUT2D eigenvalue weighted by molar-refractivity contribution is 5.89. The number of likely N-dealkylation sites (N-methyl/N-ethyl adjacent to an activating group) is 1. The van der Waals surface area contributed by atoms with E-state index in [1.54, 1.807) is 40.0 Å². The molecule has 0 amide bonds. The molecule has 1 fully saturated rings. The van der Waals surface area contributed by atoms with E-state index in [0.717, 1.165) is 4.90 Å². The minimum absolute atomic E-state index is 0.159. The fourth-order valence-electron chi connectivity index (χ4n) is 3.30. The SMILES string of the molecule is CC=C1CC(C)C(C)(O)C(=O)OCC2=CC[NH+](C)C2(O)C(C)OC1=O. The number of ether oxygens (including phenoxy) is 2. The normalized spacial score (nSPS) is 42.0. The summed E-state index contributed by atoms with van der Waals surface area (Å²) in [7, 11) is 1.77. The average Bonchev–Trinajstić information content (AvgIpc) is 2.85. The van der Waals surface area contributed by atoms with E-state index in [1.807, 2.05) is 0 Å². The summed E-state index contributed by atoms with van der Waals surface area (Å²) < 4.78 is 10.8. The maximum Gasteiger partial charge on any atom is 0.338 e. The Labute approximate surface area is 147 Å². The van der Waals surface area contributed by atoms with E-state index < -0.39 is 35.3 Å². The van der Waals surface area contributed by atoms with Crippen LogP contribution in [0.4, 0.5) is 0 Å². The number of esters is 2. The summed E-state index contributed by atoms with van der Waals surface area (Å²) in [4.78, 5) is 25.6. The van der Waals surface area contributed by atoms with Crippen molar-refractivity contribution in [1.82, 2.24) is 0 Å². The number of carbonyl (C=O) groups excluding carboxylic acids is 2. The van der Waals surface area contributed by atoms with Crippen LogP contribution in [-0.2, 0) is 19.1 Å². The van der Waals surface area contributed by atoms with Crippen LogP contribution >= 0.6 is 0 Å². The molecule has 0 aromatic rings. The zero-order valence-electron chi connectivity index (χ0n) is 15.5. The summed E-state index contributed by atoms with van der Waals surface area (Å²) >= 11 is 0. The molecule has 3 N–H and O–H groups in total. The number of carbonyl (C=O) groups is 2. The Kier molecular flexibility index (Phi) is 5.41. The Balaban J connectivity index is 2.43. The van der Waals surface area contributed by atoms with Gasteiger partial charge >= 0.3 is 11.9 Å². The average molecular weight is 354 g/mol. The lowest BCUT2D eigenvalue weighted by molar-refractivity contribution is -0.947. The fourth-order valence-corrected chi connectivity index (χ4v) is 3.30. The maximum atomic E-state index is 12.5. The van der Waals surface area contributed by atoms with E-state index in [0.29, 0.717) is 17.7 Å². The smallest absolute Gasteiger partial charge is 0.338 e. The molecule has 0 radical (unpaired) electrons. The number of rotatable bonds is 0. The van der Waals surface area contributed by atoms with E-state index in [2.05, 4.69) is 0 Å². The Hall–Kier alpha value is -1.70. The first-order valence-corrected chi connectivity index (χ1v) is 8.55. The van der Waals surface area contributed by atoms with Crippen molar-refractivity contribution in [3.05, 3.63) is 23.3 Å². The second kappa shape index (κ2) is 6.90. The van der Waals surface area contributed by atoms with Crippen molar-refractivity contribution in [1.29, 1.82) is 0 Å². The molecular formula is C18H28NO6+. The lowest BCUT2D eigenvalue weighted by atomic mass is 9.85. The first-order valence-electron chi connectivity index (χ1n) is 8.55. The lowest BCUT2D eigenvalue weighted by Crippen LogP contribution is -3.18. The molecule has 7 nitrogen and oxygen atoms in total. The summed E-state index contributed by atoms with van der Waals surface area (Å²) in [6.45, 7) is 6.72. The van der Waals surface area contributed by atoms with Crippen LogP contribution in [-0.4, -0.2) is 59.8 Å². The molecule has 2 rings (SSSR count). The van der Waals surface area contributed by atoms with Gasteiger partial charge in [-0.3, -0.25) is 4.90 Å². The van der Waals surface area contributed by atoms with Crippen LogP contribution < -0.4 is 4.90 Å². The highest BCUT2D eigenvalue weighted by Crippen LogP contribution is 2.29. The fraction of sp³-hybridized carbons (Fsp3) is 0.667. The third-order valence-corrected chi connectivity index (χ3v) is 5.54. The van der Waals surface area contributed by atoms with E-state index in [9.17, 15) is 19.8 Å². The van der Waals surface area contributed by atoms with Gasteiger partial charge in [0, 0.05) is 5.57 Å². The standard InChI is InChI=1S/C18H27NO6/c1-6-13-9-11(2)17(4,22)16(21)24-10-14-7-8-19(5)18(14,23)12(3)25-15(13)20/h6-7,11-12,22-23H,8-10H2,1-5H3/p+1. The first kappa shape index (κ1) is 19.6. The Morgan fingerprint density at radius 1 is 1.32 bits per heavy atom. The highest BCUT2D eigenvalue weighted by atomic mass is 16.6. The number of quaternary nitrogens is 1. The number of cyclic esters (lactones) is 2. The van der Waals surface area contributed by atoms with E-state index >= 15 is 0 Å². The summed E-state index contributed by atoms with van der Waals surface area (Å²) in [6.07, 6.45) is 2.71. The quantitative estimate of drug-likeness (QED) is 0.304. The lowest BCUT2D eigenvalue weighted by Gasteiger charge is -2.36. The first-order chi connectivity index (χ1) is 11.5. The van der Waals surface area contributed by atoms with Crippen molar-refractivity contribution in [2.45, 2.75) is 51.5 Å². The predicted molar refractivity (Wildman–Crippen MR) is 89.5 cm³/mol. The van der Waals surface area contributed by atoms with Gasteiger partial charge in [-0.2, -0.15) is 0 Å². The molecule has 1 saturated heterocycles. The van der Waals surface area contributed by atoms with Crippen LogP contribution in [0.15, 0.2) is 23.3 Å². The van der Waals surface area contributed by atoms with Gasteiger partial charge in [-0.25, -0.2) is 9.59 Å². The minimum Gasteiger partial charge on any atom is -0.459 e. The number of hydrogen-bond donors (Lipinski definition) is 3. The zero-order chi connectivity index (χ0) is 19.0. The number of nitrogens with one attached hydrogen (secondary N) is 1. The van der Waals surface area contributed by atoms with Crippen LogP contribution in [0, 0.1) is 5.92 Å². The van der Waals surface area contributed by atoms with Crippen molar-refractivity contribution in [2.24, 2.45) is 5.92 Å². The van der Waals surface area contributed by atoms with Crippen molar-refractivity contribution < 1.29 is 34.2 Å². The topological polar surface area (TPSA) is 97.5 Å². The van der Waals surface area contributed by atoms with Crippen LogP contribution in [0.5, 0.6) is 0 Å². The molecular weight excluding hydrogens is 326 g/mol. The molecule has 7 heteroatoms. The van der Waals surface area contributed by atoms with Gasteiger partial charge in [0.05, 0.1) is 19.2 Å². The third kappa shape index (κ3) is 3.36. The van der Waals surface area contributed by atoms with Gasteiger partial charge in [-0.05, 0) is 39.2 Å². The highest BCUT2D eigenvalue weighted by Gasteiger charge is 2.52. The molecule has 2 aliphatic heterocycles. The van der Waals surface area contributed by atoms with Gasteiger partial charge in [0.2, 0.25) is 0 Å². The van der Waals surface area contributed by atoms with Gasteiger partial charge in [0.1, 0.15) is 6.61 Å². The number of hydrogen-bond acceptors (Lipinski definition) is 6. The number of aliphatic hydroxyl groups is 2. The molecule has 0 saturated carbocycles. The molecule has 0 aromatic heterocycles. The minimum atomic E-state index is -1.75. The van der Waals surface area contributed by atoms with Crippen LogP contribution in [0.25, 0.3) is 0 Å². The molecule has 25 heavy (non-hydrogen) atoms. The van der Waals surface area contributed by atoms with Gasteiger partial charge in [-0.1, -0.05) is 13.0 Å². The molecule has 0 bridgehead atoms. The van der Waals surface area contributed by atoms with E-state index in [1.165, 1.54) is 6.92 Å². The molecule has 0 spiro atoms. The molecule has 5 atom stereocenters. The van der Waals surface area contributed by atoms with Crippen LogP contribution in [0.1, 0.15) is 34.1 Å². The largest absolute Gasteiger partial charge is 0.459 e. The van der Waals surface area contributed by atoms with Crippen LogP contribution in [0.2, 0.25) is 0 Å². The molecule has 140 valence electrons. The van der Waals surface area contributed by atoms with Crippen molar-refractivity contribution in [3.8, 4) is 0 Å². The van der Waals surface area contributed by atoms with E-state index in [-0.39, 0.29) is 13.0 Å². The van der Waals surface area contributed by atoms with Gasteiger partial charge < -0.3 is 19.7 Å². The van der Waals surface area contributed by atoms with Crippen molar-refractivity contribution >= 4 is 11.9 Å². The monoisotopic (exact) mass is 354 g/mol. The molecule has 5 unspecified atom stereocenters. The van der Waals surface area contributed by atoms with Gasteiger partial charge in [0.25, 0.3) is 5.72 Å². The molecule has 2 aliphatic rings. The molecule has 2 heterocycles. The second-order valence-corrected chi connectivity index (χ2v) is 7.17. The van der Waals surface area contributed by atoms with E-state index in [4.69, 9.17) is 9.47 Å².